The van der Waals surface area contributed by atoms with Crippen LogP contribution < -0.4 is 0 Å². The zero-order chi connectivity index (χ0) is 21.7. The summed E-state index contributed by atoms with van der Waals surface area (Å²) in [7, 11) is 0. The van der Waals surface area contributed by atoms with Gasteiger partial charge in [-0.3, -0.25) is 4.90 Å². The average molecular weight is 437 g/mol. The number of carboxylic acids is 1. The molecule has 160 valence electrons. The Bertz CT molecular complexity index is 915. The number of aryl methyl sites for hydroxylation is 1. The number of hydrogen-bond acceptors (Lipinski definition) is 5. The van der Waals surface area contributed by atoms with Crippen LogP contribution in [-0.4, -0.2) is 52.5 Å². The van der Waals surface area contributed by atoms with Gasteiger partial charge >= 0.3 is 18.0 Å². The van der Waals surface area contributed by atoms with E-state index in [2.05, 4.69) is 0 Å². The maximum atomic E-state index is 14.4. The molecule has 3 rings (SSSR count). The highest BCUT2D eigenvalue weighted by Gasteiger charge is 2.39. The van der Waals surface area contributed by atoms with Gasteiger partial charge in [0.15, 0.2) is 0 Å². The van der Waals surface area contributed by atoms with Gasteiger partial charge in [0.05, 0.1) is 6.04 Å². The lowest BCUT2D eigenvalue weighted by molar-refractivity contribution is -0.0929. The molecule has 2 N–H and O–H groups in total. The topological polar surface area (TPSA) is 87.1 Å². The minimum Gasteiger partial charge on any atom is -0.477 e. The number of carbonyl (C=O) groups is 2. The molecule has 0 aliphatic carbocycles. The number of nitrogens with zero attached hydrogens (tertiary/aromatic N) is 1. The summed E-state index contributed by atoms with van der Waals surface area (Å²) >= 11 is 1.18. The maximum absolute atomic E-state index is 14.4. The van der Waals surface area contributed by atoms with Gasteiger partial charge in [0.2, 0.25) is 0 Å². The first-order valence-electron chi connectivity index (χ1n) is 9.34. The van der Waals surface area contributed by atoms with Crippen molar-refractivity contribution in [1.82, 2.24) is 4.90 Å². The Morgan fingerprint density at radius 2 is 2.03 bits per heavy atom. The molecule has 1 aliphatic heterocycles. The van der Waals surface area contributed by atoms with Gasteiger partial charge in [-0.2, -0.15) is 8.78 Å². The molecule has 1 saturated heterocycles. The van der Waals surface area contributed by atoms with Gasteiger partial charge in [-0.15, -0.1) is 11.3 Å². The van der Waals surface area contributed by atoms with E-state index in [9.17, 15) is 23.5 Å². The fraction of sp³-hybridized carbons (Fsp3) is 0.333. The first-order chi connectivity index (χ1) is 14.3. The molecule has 2 unspecified atom stereocenters. The molecule has 2 aromatic rings. The number of carbonyl (C=O) groups excluding carboxylic acids is 1. The molecule has 0 spiro atoms. The normalized spacial score (nSPS) is 18.0. The van der Waals surface area contributed by atoms with E-state index in [1.54, 1.807) is 12.1 Å². The lowest BCUT2D eigenvalue weighted by Gasteiger charge is -2.22. The highest BCUT2D eigenvalue weighted by molar-refractivity contribution is 7.13. The number of cyclic esters (lactones) is 1. The molecular formula is C21H21F2NO5S. The van der Waals surface area contributed by atoms with Crippen LogP contribution in [0.4, 0.5) is 13.6 Å². The van der Waals surface area contributed by atoms with Crippen molar-refractivity contribution in [2.75, 3.05) is 13.2 Å². The molecule has 0 saturated carbocycles. The molecule has 2 heterocycles. The number of halogens is 2. The van der Waals surface area contributed by atoms with Crippen LogP contribution >= 0.6 is 11.3 Å². The minimum atomic E-state index is -3.47. The van der Waals surface area contributed by atoms with E-state index in [4.69, 9.17) is 9.84 Å². The molecule has 1 amide bonds. The quantitative estimate of drug-likeness (QED) is 0.581. The number of rotatable bonds is 9. The number of aromatic carboxylic acids is 1. The summed E-state index contributed by atoms with van der Waals surface area (Å²) in [4.78, 5) is 25.4. The second-order valence-electron chi connectivity index (χ2n) is 6.83. The molecule has 2 atom stereocenters. The zero-order valence-corrected chi connectivity index (χ0v) is 16.7. The van der Waals surface area contributed by atoms with E-state index < -0.39 is 30.1 Å². The van der Waals surface area contributed by atoms with Crippen LogP contribution in [0.1, 0.15) is 26.5 Å². The van der Waals surface area contributed by atoms with Crippen molar-refractivity contribution in [2.24, 2.45) is 0 Å². The molecule has 30 heavy (non-hydrogen) atoms. The van der Waals surface area contributed by atoms with Gasteiger partial charge in [-0.1, -0.05) is 42.5 Å². The average Bonchev–Trinajstić information content (AvgIpc) is 3.34. The van der Waals surface area contributed by atoms with E-state index in [0.717, 1.165) is 11.0 Å². The number of ether oxygens (including phenoxy) is 1. The van der Waals surface area contributed by atoms with Crippen LogP contribution in [0.5, 0.6) is 0 Å². The molecule has 1 aromatic carbocycles. The summed E-state index contributed by atoms with van der Waals surface area (Å²) in [5, 5.41) is 18.9. The Hall–Kier alpha value is -2.78. The number of amides is 1. The monoisotopic (exact) mass is 437 g/mol. The molecule has 1 fully saturated rings. The molecule has 6 nitrogen and oxygen atoms in total. The highest BCUT2D eigenvalue weighted by atomic mass is 32.1. The number of aliphatic hydroxyl groups excluding tert-OH is 1. The van der Waals surface area contributed by atoms with E-state index in [0.29, 0.717) is 19.4 Å². The zero-order valence-electron chi connectivity index (χ0n) is 15.9. The predicted molar refractivity (Wildman–Crippen MR) is 107 cm³/mol. The van der Waals surface area contributed by atoms with Gasteiger partial charge in [0, 0.05) is 17.0 Å². The number of alkyl halides is 2. The molecule has 1 aromatic heterocycles. The van der Waals surface area contributed by atoms with Crippen LogP contribution in [0.2, 0.25) is 0 Å². The molecule has 0 radical (unpaired) electrons. The summed E-state index contributed by atoms with van der Waals surface area (Å²) < 4.78 is 33.8. The Balaban J connectivity index is 1.58. The molecule has 9 heteroatoms. The van der Waals surface area contributed by atoms with Crippen molar-refractivity contribution < 1.29 is 33.3 Å². The molecule has 0 bridgehead atoms. The standard InChI is InChI=1S/C21H21F2NO5S/c22-21(23,14-5-2-1-3-6-14)18(25)11-8-15-13-29-20(28)24(15)12-4-7-16-9-10-17(30-16)19(26)27/h1-3,5-6,8-11,15,18,25H,4,7,12-13H2,(H,26,27). The summed E-state index contributed by atoms with van der Waals surface area (Å²) in [5.74, 6) is -4.45. The van der Waals surface area contributed by atoms with Crippen LogP contribution in [0.25, 0.3) is 0 Å². The van der Waals surface area contributed by atoms with Crippen molar-refractivity contribution in [1.29, 1.82) is 0 Å². The third-order valence-electron chi connectivity index (χ3n) is 4.75. The van der Waals surface area contributed by atoms with Gasteiger partial charge in [0.25, 0.3) is 0 Å². The second-order valence-corrected chi connectivity index (χ2v) is 8.00. The minimum absolute atomic E-state index is 0.0150. The van der Waals surface area contributed by atoms with E-state index in [1.807, 2.05) is 0 Å². The molecule has 1 aliphatic rings. The van der Waals surface area contributed by atoms with Gasteiger partial charge < -0.3 is 14.9 Å². The first kappa shape index (κ1) is 21.9. The highest BCUT2D eigenvalue weighted by Crippen LogP contribution is 2.32. The summed E-state index contributed by atoms with van der Waals surface area (Å²) in [5.41, 5.74) is -0.297. The lowest BCUT2D eigenvalue weighted by Crippen LogP contribution is -2.34. The van der Waals surface area contributed by atoms with Crippen LogP contribution in [0.3, 0.4) is 0 Å². The fourth-order valence-corrected chi connectivity index (χ4v) is 4.01. The summed E-state index contributed by atoms with van der Waals surface area (Å²) in [6.07, 6.45) is 0.893. The van der Waals surface area contributed by atoms with Crippen molar-refractivity contribution in [2.45, 2.75) is 30.9 Å². The van der Waals surface area contributed by atoms with Crippen LogP contribution in [0, 0.1) is 0 Å². The predicted octanol–water partition coefficient (Wildman–Crippen LogP) is 3.91. The first-order valence-corrected chi connectivity index (χ1v) is 10.2. The number of benzene rings is 1. The summed E-state index contributed by atoms with van der Waals surface area (Å²) in [6.45, 7) is 0.334. The third-order valence-corrected chi connectivity index (χ3v) is 5.89. The Kier molecular flexibility index (Phi) is 6.84. The van der Waals surface area contributed by atoms with Gasteiger partial charge in [-0.05, 0) is 25.0 Å². The van der Waals surface area contributed by atoms with Crippen LogP contribution in [0.15, 0.2) is 54.6 Å². The smallest absolute Gasteiger partial charge is 0.410 e. The van der Waals surface area contributed by atoms with Crippen LogP contribution in [-0.2, 0) is 17.1 Å². The number of aliphatic hydroxyl groups is 1. The largest absolute Gasteiger partial charge is 0.477 e. The van der Waals surface area contributed by atoms with E-state index >= 15 is 0 Å². The Labute approximate surface area is 176 Å². The fourth-order valence-electron chi connectivity index (χ4n) is 3.12. The molecular weight excluding hydrogens is 416 g/mol. The number of thiophene rings is 1. The number of carboxylic acid groups (broad SMARTS) is 1. The van der Waals surface area contributed by atoms with Crippen molar-refractivity contribution in [3.8, 4) is 0 Å². The lowest BCUT2D eigenvalue weighted by atomic mass is 10.0. The third kappa shape index (κ3) is 5.03. The van der Waals surface area contributed by atoms with Gasteiger partial charge in [-0.25, -0.2) is 9.59 Å². The Morgan fingerprint density at radius 1 is 1.30 bits per heavy atom. The SMILES string of the molecule is O=C(O)c1ccc(CCCN2C(=O)OCC2C=CC(O)C(F)(F)c2ccccc2)s1. The van der Waals surface area contributed by atoms with Crippen molar-refractivity contribution in [3.05, 3.63) is 69.9 Å². The second kappa shape index (κ2) is 9.36. The summed E-state index contributed by atoms with van der Waals surface area (Å²) in [6, 6.07) is 9.74. The number of hydrogen-bond donors (Lipinski definition) is 2. The Morgan fingerprint density at radius 3 is 2.70 bits per heavy atom. The van der Waals surface area contributed by atoms with Gasteiger partial charge in [0.1, 0.15) is 17.6 Å². The maximum Gasteiger partial charge on any atom is 0.410 e. The van der Waals surface area contributed by atoms with E-state index in [1.165, 1.54) is 52.6 Å². The van der Waals surface area contributed by atoms with Crippen molar-refractivity contribution >= 4 is 23.4 Å². The van der Waals surface area contributed by atoms with Crippen molar-refractivity contribution in [3.63, 3.8) is 0 Å². The van der Waals surface area contributed by atoms with E-state index in [-0.39, 0.29) is 17.0 Å².